The quantitative estimate of drug-likeness (QED) is 0.728. The lowest BCUT2D eigenvalue weighted by molar-refractivity contribution is -0.122. The van der Waals surface area contributed by atoms with Gasteiger partial charge < -0.3 is 24.3 Å². The fourth-order valence-electron chi connectivity index (χ4n) is 3.21. The third-order valence-corrected chi connectivity index (χ3v) is 4.91. The highest BCUT2D eigenvalue weighted by Gasteiger charge is 2.27. The molecule has 0 saturated heterocycles. The Labute approximate surface area is 169 Å². The Morgan fingerprint density at radius 2 is 2.04 bits per heavy atom. The van der Waals surface area contributed by atoms with Gasteiger partial charge in [0, 0.05) is 31.1 Å². The number of nitrogens with one attached hydrogen (secondary N) is 1. The summed E-state index contributed by atoms with van der Waals surface area (Å²) in [5, 5.41) is 3.40. The van der Waals surface area contributed by atoms with E-state index in [0.29, 0.717) is 36.8 Å². The van der Waals surface area contributed by atoms with E-state index in [1.165, 1.54) is 0 Å². The maximum Gasteiger partial charge on any atom is 0.222 e. The van der Waals surface area contributed by atoms with Crippen LogP contribution in [0, 0.1) is 0 Å². The van der Waals surface area contributed by atoms with Crippen LogP contribution in [0.4, 0.5) is 0 Å². The fourth-order valence-corrected chi connectivity index (χ4v) is 3.49. The highest BCUT2D eigenvalue weighted by atomic mass is 35.5. The molecule has 0 fully saturated rings. The first kappa shape index (κ1) is 20.3. The molecule has 2 aromatic carbocycles. The average molecular weight is 406 g/mol. The van der Waals surface area contributed by atoms with Crippen LogP contribution in [0.15, 0.2) is 30.3 Å². The highest BCUT2D eigenvalue weighted by Crippen LogP contribution is 2.42. The van der Waals surface area contributed by atoms with E-state index in [4.69, 9.17) is 30.5 Å². The third kappa shape index (κ3) is 4.51. The molecule has 6 nitrogen and oxygen atoms in total. The Morgan fingerprint density at radius 1 is 1.21 bits per heavy atom. The Kier molecular flexibility index (Phi) is 6.65. The molecule has 3 rings (SSSR count). The van der Waals surface area contributed by atoms with Gasteiger partial charge in [0.05, 0.1) is 32.4 Å². The number of rotatable bonds is 8. The summed E-state index contributed by atoms with van der Waals surface area (Å²) in [7, 11) is 4.83. The number of carbonyl (C=O) groups excluding carboxylic acids is 1. The van der Waals surface area contributed by atoms with Crippen molar-refractivity contribution in [2.45, 2.75) is 18.9 Å². The molecule has 0 spiro atoms. The second kappa shape index (κ2) is 9.17. The molecule has 1 aliphatic heterocycles. The number of halogens is 1. The monoisotopic (exact) mass is 405 g/mol. The van der Waals surface area contributed by atoms with E-state index in [2.05, 4.69) is 5.32 Å². The van der Waals surface area contributed by atoms with Crippen molar-refractivity contribution in [2.75, 3.05) is 34.5 Å². The molecule has 0 radical (unpaired) electrons. The van der Waals surface area contributed by atoms with Gasteiger partial charge in [-0.25, -0.2) is 0 Å². The van der Waals surface area contributed by atoms with Crippen molar-refractivity contribution in [3.8, 4) is 28.4 Å². The summed E-state index contributed by atoms with van der Waals surface area (Å²) in [6, 6.07) is 9.54. The zero-order valence-electron chi connectivity index (χ0n) is 16.2. The first-order valence-corrected chi connectivity index (χ1v) is 9.40. The van der Waals surface area contributed by atoms with Crippen molar-refractivity contribution in [3.05, 3.63) is 40.9 Å². The summed E-state index contributed by atoms with van der Waals surface area (Å²) in [5.41, 5.74) is 2.82. The topological polar surface area (TPSA) is 66.0 Å². The predicted molar refractivity (Wildman–Crippen MR) is 108 cm³/mol. The number of hydrogen-bond acceptors (Lipinski definition) is 5. The number of carbonyl (C=O) groups is 1. The first-order valence-electron chi connectivity index (χ1n) is 9.02. The van der Waals surface area contributed by atoms with Crippen molar-refractivity contribution in [1.82, 2.24) is 5.32 Å². The molecule has 1 heterocycles. The molecular formula is C21H24ClNO5. The van der Waals surface area contributed by atoms with Gasteiger partial charge in [0.25, 0.3) is 0 Å². The summed E-state index contributed by atoms with van der Waals surface area (Å²) >= 11 is 6.49. The van der Waals surface area contributed by atoms with Crippen LogP contribution >= 0.6 is 11.6 Å². The van der Waals surface area contributed by atoms with Gasteiger partial charge in [0.1, 0.15) is 23.4 Å². The van der Waals surface area contributed by atoms with E-state index in [9.17, 15) is 4.79 Å². The van der Waals surface area contributed by atoms with Crippen molar-refractivity contribution in [1.29, 1.82) is 0 Å². The molecule has 1 N–H and O–H groups in total. The lowest BCUT2D eigenvalue weighted by Gasteiger charge is -2.13. The number of methoxy groups -OCH3 is 3. The molecule has 150 valence electrons. The molecule has 1 amide bonds. The normalized spacial score (nSPS) is 14.9. The smallest absolute Gasteiger partial charge is 0.222 e. The minimum Gasteiger partial charge on any atom is -0.497 e. The van der Waals surface area contributed by atoms with Crippen molar-refractivity contribution in [2.24, 2.45) is 0 Å². The van der Waals surface area contributed by atoms with Gasteiger partial charge in [0.15, 0.2) is 0 Å². The standard InChI is InChI=1S/C21H24ClNO5/c1-25-7-6-20(24)23-12-16-9-14-8-13(10-18(22)21(14)28-16)17-11-15(26-2)4-5-19(17)27-3/h4-5,8,10-11,16H,6-7,9,12H2,1-3H3,(H,23,24)/t16-/m1/s1. The van der Waals surface area contributed by atoms with Gasteiger partial charge in [-0.2, -0.15) is 0 Å². The van der Waals surface area contributed by atoms with E-state index in [1.807, 2.05) is 30.3 Å². The van der Waals surface area contributed by atoms with Crippen LogP contribution in [0.5, 0.6) is 17.2 Å². The second-order valence-corrected chi connectivity index (χ2v) is 6.91. The van der Waals surface area contributed by atoms with Crippen LogP contribution in [0.25, 0.3) is 11.1 Å². The van der Waals surface area contributed by atoms with E-state index in [-0.39, 0.29) is 12.0 Å². The molecule has 0 unspecified atom stereocenters. The summed E-state index contributed by atoms with van der Waals surface area (Å²) in [6.07, 6.45) is 0.845. The maximum atomic E-state index is 11.8. The minimum atomic E-state index is -0.151. The highest BCUT2D eigenvalue weighted by molar-refractivity contribution is 6.32. The summed E-state index contributed by atoms with van der Waals surface area (Å²) in [6.45, 7) is 0.820. The maximum absolute atomic E-state index is 11.8. The number of hydrogen-bond donors (Lipinski definition) is 1. The molecule has 0 bridgehead atoms. The lowest BCUT2D eigenvalue weighted by atomic mass is 9.99. The van der Waals surface area contributed by atoms with Gasteiger partial charge in [-0.05, 0) is 35.9 Å². The van der Waals surface area contributed by atoms with Gasteiger partial charge in [0.2, 0.25) is 5.91 Å². The van der Waals surface area contributed by atoms with Gasteiger partial charge >= 0.3 is 0 Å². The summed E-state index contributed by atoms with van der Waals surface area (Å²) in [4.78, 5) is 11.8. The Hall–Kier alpha value is -2.44. The lowest BCUT2D eigenvalue weighted by Crippen LogP contribution is -2.34. The van der Waals surface area contributed by atoms with Crippen molar-refractivity contribution >= 4 is 17.5 Å². The number of benzene rings is 2. The zero-order chi connectivity index (χ0) is 20.1. The van der Waals surface area contributed by atoms with Crippen molar-refractivity contribution < 1.29 is 23.7 Å². The number of fused-ring (bicyclic) bond motifs is 1. The van der Waals surface area contributed by atoms with E-state index in [0.717, 1.165) is 28.2 Å². The Morgan fingerprint density at radius 3 is 2.75 bits per heavy atom. The van der Waals surface area contributed by atoms with E-state index >= 15 is 0 Å². The van der Waals surface area contributed by atoms with Crippen molar-refractivity contribution in [3.63, 3.8) is 0 Å². The second-order valence-electron chi connectivity index (χ2n) is 6.50. The minimum absolute atomic E-state index is 0.0608. The molecule has 7 heteroatoms. The van der Waals surface area contributed by atoms with Crippen LogP contribution < -0.4 is 19.5 Å². The number of ether oxygens (including phenoxy) is 4. The Bertz CT molecular complexity index is 855. The fraction of sp³-hybridized carbons (Fsp3) is 0.381. The van der Waals surface area contributed by atoms with Crippen LogP contribution in [0.3, 0.4) is 0 Å². The Balaban J connectivity index is 1.78. The van der Waals surface area contributed by atoms with Crippen LogP contribution in [0.2, 0.25) is 5.02 Å². The average Bonchev–Trinajstić information content (AvgIpc) is 3.13. The largest absolute Gasteiger partial charge is 0.497 e. The molecular weight excluding hydrogens is 382 g/mol. The van der Waals surface area contributed by atoms with Gasteiger partial charge in [-0.15, -0.1) is 0 Å². The molecule has 0 aliphatic carbocycles. The van der Waals surface area contributed by atoms with Crippen LogP contribution in [-0.2, 0) is 16.0 Å². The molecule has 2 aromatic rings. The van der Waals surface area contributed by atoms with E-state index in [1.54, 1.807) is 21.3 Å². The van der Waals surface area contributed by atoms with Crippen LogP contribution in [-0.4, -0.2) is 46.5 Å². The molecule has 1 aliphatic rings. The molecule has 28 heavy (non-hydrogen) atoms. The molecule has 0 saturated carbocycles. The SMILES string of the molecule is COCCC(=O)NC[C@H]1Cc2cc(-c3cc(OC)ccc3OC)cc(Cl)c2O1. The number of amides is 1. The zero-order valence-corrected chi connectivity index (χ0v) is 17.0. The van der Waals surface area contributed by atoms with Gasteiger partial charge in [-0.3, -0.25) is 4.79 Å². The summed E-state index contributed by atoms with van der Waals surface area (Å²) < 4.78 is 21.7. The molecule has 1 atom stereocenters. The third-order valence-electron chi connectivity index (χ3n) is 4.63. The van der Waals surface area contributed by atoms with Crippen LogP contribution in [0.1, 0.15) is 12.0 Å². The molecule has 0 aromatic heterocycles. The summed E-state index contributed by atoms with van der Waals surface area (Å²) in [5.74, 6) is 2.08. The van der Waals surface area contributed by atoms with E-state index < -0.39 is 0 Å². The first-order chi connectivity index (χ1) is 13.5. The van der Waals surface area contributed by atoms with Gasteiger partial charge in [-0.1, -0.05) is 11.6 Å². The predicted octanol–water partition coefficient (Wildman–Crippen LogP) is 3.48.